The Labute approximate surface area is 224 Å². The van der Waals surface area contributed by atoms with Gasteiger partial charge in [-0.1, -0.05) is 13.8 Å². The van der Waals surface area contributed by atoms with Crippen molar-refractivity contribution in [2.45, 2.75) is 38.7 Å². The van der Waals surface area contributed by atoms with Gasteiger partial charge in [-0.25, -0.2) is 18.4 Å². The van der Waals surface area contributed by atoms with Gasteiger partial charge >= 0.3 is 12.0 Å². The van der Waals surface area contributed by atoms with Crippen molar-refractivity contribution in [1.82, 2.24) is 4.90 Å². The second-order valence-electron chi connectivity index (χ2n) is 10.0. The van der Waals surface area contributed by atoms with Crippen LogP contribution in [0.3, 0.4) is 0 Å². The van der Waals surface area contributed by atoms with Crippen LogP contribution >= 0.6 is 0 Å². The smallest absolute Gasteiger partial charge is 0.335 e. The van der Waals surface area contributed by atoms with E-state index in [0.717, 1.165) is 12.1 Å². The molecule has 0 bridgehead atoms. The summed E-state index contributed by atoms with van der Waals surface area (Å²) in [4.78, 5) is 25.8. The lowest BCUT2D eigenvalue weighted by Crippen LogP contribution is -2.48. The fourth-order valence-corrected chi connectivity index (χ4v) is 4.54. The van der Waals surface area contributed by atoms with Gasteiger partial charge in [0.15, 0.2) is 11.6 Å². The van der Waals surface area contributed by atoms with E-state index in [1.54, 1.807) is 4.90 Å². The highest BCUT2D eigenvalue weighted by Crippen LogP contribution is 2.34. The van der Waals surface area contributed by atoms with Crippen LogP contribution in [0.15, 0.2) is 60.7 Å². The van der Waals surface area contributed by atoms with Gasteiger partial charge in [0.05, 0.1) is 11.2 Å². The Hall–Kier alpha value is -4.18. The number of hydrogen-bond acceptors (Lipinski definition) is 5. The molecule has 3 N–H and O–H groups in total. The minimum atomic E-state index is -1.08. The van der Waals surface area contributed by atoms with Gasteiger partial charge in [0.1, 0.15) is 23.1 Å². The van der Waals surface area contributed by atoms with Gasteiger partial charge in [0.25, 0.3) is 0 Å². The lowest BCUT2D eigenvalue weighted by molar-refractivity contribution is -0.0268. The summed E-state index contributed by atoms with van der Waals surface area (Å²) in [6.45, 7) is 4.85. The van der Waals surface area contributed by atoms with Gasteiger partial charge in [-0.15, -0.1) is 0 Å². The Morgan fingerprint density at radius 3 is 2.18 bits per heavy atom. The number of carbonyl (C=O) groups is 2. The molecular weight excluding hydrogens is 510 g/mol. The number of halogens is 2. The minimum Gasteiger partial charge on any atom is -0.478 e. The molecule has 1 fully saturated rings. The van der Waals surface area contributed by atoms with Gasteiger partial charge in [-0.2, -0.15) is 0 Å². The maximum Gasteiger partial charge on any atom is 0.335 e. The van der Waals surface area contributed by atoms with Crippen molar-refractivity contribution in [3.8, 4) is 23.0 Å². The molecule has 3 aromatic rings. The van der Waals surface area contributed by atoms with Crippen LogP contribution in [-0.2, 0) is 0 Å². The number of hydrogen-bond donors (Lipinski definition) is 3. The number of urea groups is 1. The number of aliphatic hydroxyl groups is 1. The van der Waals surface area contributed by atoms with E-state index in [9.17, 15) is 23.5 Å². The zero-order chi connectivity index (χ0) is 28.2. The van der Waals surface area contributed by atoms with E-state index < -0.39 is 23.2 Å². The predicted molar refractivity (Wildman–Crippen MR) is 141 cm³/mol. The van der Waals surface area contributed by atoms with Crippen molar-refractivity contribution in [1.29, 1.82) is 0 Å². The van der Waals surface area contributed by atoms with Gasteiger partial charge in [0, 0.05) is 43.0 Å². The summed E-state index contributed by atoms with van der Waals surface area (Å²) in [6, 6.07) is 12.7. The highest BCUT2D eigenvalue weighted by atomic mass is 19.1. The molecule has 0 aromatic heterocycles. The molecule has 3 aromatic carbocycles. The van der Waals surface area contributed by atoms with Gasteiger partial charge < -0.3 is 29.9 Å². The topological polar surface area (TPSA) is 108 Å². The van der Waals surface area contributed by atoms with Crippen molar-refractivity contribution in [2.75, 3.05) is 18.4 Å². The fourth-order valence-electron chi connectivity index (χ4n) is 4.54. The van der Waals surface area contributed by atoms with Crippen LogP contribution in [-0.4, -0.2) is 45.8 Å². The van der Waals surface area contributed by atoms with Crippen LogP contribution in [0.25, 0.3) is 0 Å². The van der Waals surface area contributed by atoms with E-state index in [1.807, 2.05) is 13.8 Å². The third-order valence-corrected chi connectivity index (χ3v) is 6.36. The van der Waals surface area contributed by atoms with Crippen molar-refractivity contribution in [3.05, 3.63) is 77.9 Å². The predicted octanol–water partition coefficient (Wildman–Crippen LogP) is 6.65. The van der Waals surface area contributed by atoms with Crippen LogP contribution in [0.4, 0.5) is 19.3 Å². The number of piperidine rings is 1. The number of ether oxygens (including phenoxy) is 2. The Bertz CT molecular complexity index is 1340. The zero-order valence-electron chi connectivity index (χ0n) is 21.6. The molecule has 206 valence electrons. The first-order chi connectivity index (χ1) is 18.5. The molecule has 0 saturated carbocycles. The van der Waals surface area contributed by atoms with Gasteiger partial charge in [-0.05, 0) is 61.6 Å². The van der Waals surface area contributed by atoms with Crippen LogP contribution in [0.1, 0.15) is 43.5 Å². The van der Waals surface area contributed by atoms with Crippen LogP contribution in [0.2, 0.25) is 0 Å². The monoisotopic (exact) mass is 540 g/mol. The molecule has 1 aliphatic heterocycles. The van der Waals surface area contributed by atoms with E-state index >= 15 is 0 Å². The van der Waals surface area contributed by atoms with E-state index in [2.05, 4.69) is 5.32 Å². The van der Waals surface area contributed by atoms with E-state index in [4.69, 9.17) is 14.6 Å². The number of carboxylic acid groups (broad SMARTS) is 1. The summed E-state index contributed by atoms with van der Waals surface area (Å²) >= 11 is 0. The Balaban J connectivity index is 1.54. The van der Waals surface area contributed by atoms with Crippen molar-refractivity contribution in [2.24, 2.45) is 5.92 Å². The summed E-state index contributed by atoms with van der Waals surface area (Å²) < 4.78 is 39.1. The van der Waals surface area contributed by atoms with Crippen molar-refractivity contribution < 1.29 is 38.1 Å². The highest BCUT2D eigenvalue weighted by molar-refractivity contribution is 5.90. The first-order valence-electron chi connectivity index (χ1n) is 12.6. The van der Waals surface area contributed by atoms with Gasteiger partial charge in [-0.3, -0.25) is 0 Å². The fraction of sp³-hybridized carbons (Fsp3) is 0.310. The third kappa shape index (κ3) is 7.44. The number of nitrogens with one attached hydrogen (secondary N) is 1. The number of aromatic carboxylic acids is 1. The molecule has 0 unspecified atom stereocenters. The Kier molecular flexibility index (Phi) is 8.35. The number of amides is 2. The van der Waals surface area contributed by atoms with Crippen LogP contribution in [0, 0.1) is 17.6 Å². The first kappa shape index (κ1) is 27.8. The molecule has 10 heteroatoms. The maximum absolute atomic E-state index is 14.2. The molecule has 39 heavy (non-hydrogen) atoms. The Morgan fingerprint density at radius 1 is 0.949 bits per heavy atom. The SMILES string of the molecule is CC(C)CC1(O)CCN(C(=O)Nc2cc(Oc3ccc(C(=O)O)cc3)cc(Oc3ccc(F)cc3F)c2)CC1. The normalized spacial score (nSPS) is 14.7. The molecule has 1 saturated heterocycles. The van der Waals surface area contributed by atoms with Crippen molar-refractivity contribution in [3.63, 3.8) is 0 Å². The number of likely N-dealkylation sites (tertiary alicyclic amines) is 1. The maximum atomic E-state index is 14.2. The number of nitrogens with zero attached hydrogens (tertiary/aromatic N) is 1. The van der Waals surface area contributed by atoms with E-state index in [1.165, 1.54) is 42.5 Å². The second-order valence-corrected chi connectivity index (χ2v) is 10.0. The molecule has 8 nitrogen and oxygen atoms in total. The number of anilines is 1. The third-order valence-electron chi connectivity index (χ3n) is 6.36. The number of benzene rings is 3. The molecular formula is C29H30F2N2O6. The average Bonchev–Trinajstić information content (AvgIpc) is 2.85. The molecule has 0 aliphatic carbocycles. The molecule has 0 radical (unpaired) electrons. The largest absolute Gasteiger partial charge is 0.478 e. The lowest BCUT2D eigenvalue weighted by Gasteiger charge is -2.39. The zero-order valence-corrected chi connectivity index (χ0v) is 21.6. The number of rotatable bonds is 8. The van der Waals surface area contributed by atoms with Gasteiger partial charge in [0.2, 0.25) is 0 Å². The summed E-state index contributed by atoms with van der Waals surface area (Å²) in [6.07, 6.45) is 1.59. The standard InChI is InChI=1S/C29H30F2N2O6/c1-18(2)17-29(37)9-11-33(12-10-29)28(36)32-21-14-23(38-22-6-3-19(4-7-22)27(34)35)16-24(15-21)39-26-8-5-20(30)13-25(26)31/h3-8,13-16,18,37H,9-12,17H2,1-2H3,(H,32,36)(H,34,35). The quantitative estimate of drug-likeness (QED) is 0.295. The molecule has 1 heterocycles. The lowest BCUT2D eigenvalue weighted by atomic mass is 9.84. The number of carbonyl (C=O) groups excluding carboxylic acids is 1. The van der Waals surface area contributed by atoms with Crippen LogP contribution < -0.4 is 14.8 Å². The summed E-state index contributed by atoms with van der Waals surface area (Å²) in [5, 5.41) is 22.7. The van der Waals surface area contributed by atoms with Crippen LogP contribution in [0.5, 0.6) is 23.0 Å². The van der Waals surface area contributed by atoms with Crippen molar-refractivity contribution >= 4 is 17.7 Å². The molecule has 2 amide bonds. The number of carboxylic acids is 1. The minimum absolute atomic E-state index is 0.0843. The molecule has 0 atom stereocenters. The second kappa shape index (κ2) is 11.7. The summed E-state index contributed by atoms with van der Waals surface area (Å²) in [5.74, 6) is -1.97. The molecule has 1 aliphatic rings. The highest BCUT2D eigenvalue weighted by Gasteiger charge is 2.34. The summed E-state index contributed by atoms with van der Waals surface area (Å²) in [5.41, 5.74) is -0.420. The average molecular weight is 541 g/mol. The Morgan fingerprint density at radius 2 is 1.59 bits per heavy atom. The first-order valence-corrected chi connectivity index (χ1v) is 12.6. The summed E-state index contributed by atoms with van der Waals surface area (Å²) in [7, 11) is 0. The molecule has 4 rings (SSSR count). The van der Waals surface area contributed by atoms with E-state index in [0.29, 0.717) is 55.8 Å². The molecule has 0 spiro atoms. The van der Waals surface area contributed by atoms with E-state index in [-0.39, 0.29) is 28.8 Å².